The predicted octanol–water partition coefficient (Wildman–Crippen LogP) is -10.5. The number of carbonyl (C=O) groups is 2. The zero-order valence-electron chi connectivity index (χ0n) is 36.6. The summed E-state index contributed by atoms with van der Waals surface area (Å²) < 4.78 is 45.8. The Morgan fingerprint density at radius 3 is 1.76 bits per heavy atom. The highest BCUT2D eigenvalue weighted by Crippen LogP contribution is 2.34. The third kappa shape index (κ3) is 13.3. The lowest BCUT2D eigenvalue weighted by atomic mass is 9.94. The minimum atomic E-state index is -2.20. The largest absolute Gasteiger partial charge is 0.394 e. The summed E-state index contributed by atoms with van der Waals surface area (Å²) in [5.41, 5.74) is 0. The molecule has 4 aliphatic rings. The number of aliphatic hydroxyl groups is 15. The van der Waals surface area contributed by atoms with E-state index in [1.54, 1.807) is 18.2 Å². The van der Waals surface area contributed by atoms with Crippen LogP contribution >= 0.6 is 0 Å². The van der Waals surface area contributed by atoms with Crippen molar-refractivity contribution in [1.82, 2.24) is 15.6 Å². The van der Waals surface area contributed by atoms with E-state index >= 15 is 0 Å². The van der Waals surface area contributed by atoms with Gasteiger partial charge in [0.1, 0.15) is 122 Å². The number of aliphatic hydroxyl groups excluding tert-OH is 15. The lowest BCUT2D eigenvalue weighted by Gasteiger charge is -2.49. The second kappa shape index (κ2) is 25.4. The van der Waals surface area contributed by atoms with E-state index in [-0.39, 0.29) is 6.54 Å². The van der Waals surface area contributed by atoms with Gasteiger partial charge in [-0.3, -0.25) is 9.59 Å². The molecule has 5 heterocycles. The highest BCUT2D eigenvalue weighted by Gasteiger charge is 2.55. The van der Waals surface area contributed by atoms with Crippen LogP contribution in [0.5, 0.6) is 0 Å². The maximum Gasteiger partial charge on any atom is 0.217 e. The lowest BCUT2D eigenvalue weighted by molar-refractivity contribution is -0.382. The van der Waals surface area contributed by atoms with Gasteiger partial charge in [-0.05, 0) is 12.1 Å². The molecule has 29 nitrogen and oxygen atoms in total. The Bertz CT molecular complexity index is 1700. The van der Waals surface area contributed by atoms with Crippen molar-refractivity contribution in [2.75, 3.05) is 44.9 Å². The molecular formula is C39H64N4O25. The smallest absolute Gasteiger partial charge is 0.217 e. The molecule has 0 saturated carbocycles. The van der Waals surface area contributed by atoms with Gasteiger partial charge >= 0.3 is 0 Å². The zero-order chi connectivity index (χ0) is 50.1. The summed E-state index contributed by atoms with van der Waals surface area (Å²) in [6.07, 6.45) is -40.1. The molecule has 24 atom stereocenters. The minimum absolute atomic E-state index is 0.220. The molecule has 5 rings (SSSR count). The van der Waals surface area contributed by atoms with Crippen molar-refractivity contribution < 1.29 is 124 Å². The van der Waals surface area contributed by atoms with Crippen LogP contribution in [0.4, 0.5) is 5.82 Å². The van der Waals surface area contributed by atoms with Gasteiger partial charge in [0.05, 0.1) is 39.1 Å². The monoisotopic (exact) mass is 988 g/mol. The lowest BCUT2D eigenvalue weighted by Crippen LogP contribution is -2.69. The number of rotatable bonds is 21. The molecule has 0 spiro atoms. The first kappa shape index (κ1) is 55.9. The highest BCUT2D eigenvalue weighted by atomic mass is 16.8. The van der Waals surface area contributed by atoms with Crippen molar-refractivity contribution in [2.45, 2.75) is 161 Å². The molecule has 390 valence electrons. The van der Waals surface area contributed by atoms with Gasteiger partial charge in [-0.15, -0.1) is 0 Å². The van der Waals surface area contributed by atoms with Crippen LogP contribution in [-0.4, -0.2) is 280 Å². The standard InChI is InChI=1S/C39H64N4O25/c1-13(48)42-15(7-41-21-5-3-4-6-40-21)23(51)33(16(50)8-44)66-36-22(43-14(2)49)27(55)34(19(11-47)64-36)67-39-32(60)35(68-38-31(59)29(57)25(53)18(10-46)63-38)26(54)20(65-39)12-61-37-30(58)28(56)24(52)17(9-45)62-37/h3-6,15-20,22-39,44-47,50-60H,7-12H2,1-2H3,(H,40,41)(H,42,48)(H,43,49)/t15-,16+,17+,18+,19+,20+,22+,23+,24+,25+,26+,27+,28-,29-,30-,31-,32-,33+,34+,35-,36-,37-,38+,39-/m0/s1. The van der Waals surface area contributed by atoms with Crippen molar-refractivity contribution in [2.24, 2.45) is 0 Å². The Morgan fingerprint density at radius 1 is 0.647 bits per heavy atom. The summed E-state index contributed by atoms with van der Waals surface area (Å²) in [5.74, 6) is -1.12. The Hall–Kier alpha value is -3.03. The topological polar surface area (TPSA) is 460 Å². The van der Waals surface area contributed by atoms with Crippen molar-refractivity contribution in [1.29, 1.82) is 0 Å². The van der Waals surface area contributed by atoms with Crippen LogP contribution in [0, 0.1) is 0 Å². The quantitative estimate of drug-likeness (QED) is 0.0544. The van der Waals surface area contributed by atoms with Crippen LogP contribution in [0.25, 0.3) is 0 Å². The van der Waals surface area contributed by atoms with E-state index in [4.69, 9.17) is 37.9 Å². The van der Waals surface area contributed by atoms with Gasteiger partial charge in [-0.25, -0.2) is 4.98 Å². The SMILES string of the molecule is CC(=O)N[C@H]1[C@H](O[C@@H]([C@H](O)[C@H](CNc2ccccn2)NC(C)=O)[C@H](O)CO)O[C@H](CO)[C@@H](O[C@@H]2O[C@H](CO[C@H]3O[C@H](CO)[C@@H](O)[C@H](O)[C@@H]3O)[C@@H](O)[C@H](O[C@H]3O[C@H](CO)[C@@H](O)[C@H](O)[C@@H]3O)[C@@H]2O)[C@@H]1O. The predicted molar refractivity (Wildman–Crippen MR) is 218 cm³/mol. The highest BCUT2D eigenvalue weighted by molar-refractivity contribution is 5.73. The number of aromatic nitrogens is 1. The second-order valence-corrected chi connectivity index (χ2v) is 16.6. The van der Waals surface area contributed by atoms with Gasteiger partial charge < -0.3 is 130 Å². The Morgan fingerprint density at radius 2 is 1.21 bits per heavy atom. The van der Waals surface area contributed by atoms with Crippen molar-refractivity contribution in [3.05, 3.63) is 24.4 Å². The van der Waals surface area contributed by atoms with E-state index in [2.05, 4.69) is 20.9 Å². The molecule has 2 amide bonds. The van der Waals surface area contributed by atoms with Gasteiger partial charge in [-0.1, -0.05) is 6.07 Å². The van der Waals surface area contributed by atoms with E-state index in [0.29, 0.717) is 5.82 Å². The number of anilines is 1. The van der Waals surface area contributed by atoms with Crippen LogP contribution in [0.1, 0.15) is 13.8 Å². The molecule has 4 saturated heterocycles. The third-order valence-electron chi connectivity index (χ3n) is 11.7. The maximum atomic E-state index is 12.6. The van der Waals surface area contributed by atoms with Crippen molar-refractivity contribution in [3.63, 3.8) is 0 Å². The first-order valence-electron chi connectivity index (χ1n) is 21.6. The average Bonchev–Trinajstić information content (AvgIpc) is 3.32. The average molecular weight is 989 g/mol. The third-order valence-corrected chi connectivity index (χ3v) is 11.7. The number of nitrogens with one attached hydrogen (secondary N) is 3. The molecule has 68 heavy (non-hydrogen) atoms. The number of ether oxygens (including phenoxy) is 8. The van der Waals surface area contributed by atoms with Gasteiger partial charge in [-0.2, -0.15) is 0 Å². The van der Waals surface area contributed by atoms with Crippen LogP contribution in [0.2, 0.25) is 0 Å². The van der Waals surface area contributed by atoms with E-state index in [1.807, 2.05) is 0 Å². The summed E-state index contributed by atoms with van der Waals surface area (Å²) >= 11 is 0. The summed E-state index contributed by atoms with van der Waals surface area (Å²) in [6, 6.07) is 1.87. The molecule has 1 aromatic rings. The molecule has 4 aliphatic heterocycles. The van der Waals surface area contributed by atoms with Crippen LogP contribution in [0.15, 0.2) is 24.4 Å². The molecule has 29 heteroatoms. The number of carbonyl (C=O) groups excluding carboxylic acids is 2. The van der Waals surface area contributed by atoms with E-state index < -0.39 is 192 Å². The normalized spacial score (nSPS) is 40.7. The van der Waals surface area contributed by atoms with Gasteiger partial charge in [0.2, 0.25) is 11.8 Å². The molecule has 0 unspecified atom stereocenters. The fourth-order valence-corrected chi connectivity index (χ4v) is 8.02. The molecule has 0 aromatic carbocycles. The van der Waals surface area contributed by atoms with Crippen LogP contribution in [0.3, 0.4) is 0 Å². The van der Waals surface area contributed by atoms with Gasteiger partial charge in [0, 0.05) is 26.6 Å². The van der Waals surface area contributed by atoms with Crippen LogP contribution < -0.4 is 16.0 Å². The summed E-state index contributed by atoms with van der Waals surface area (Å²) in [7, 11) is 0. The molecular weight excluding hydrogens is 924 g/mol. The molecule has 0 bridgehead atoms. The number of hydrogen-bond donors (Lipinski definition) is 18. The van der Waals surface area contributed by atoms with Crippen LogP contribution in [-0.2, 0) is 47.5 Å². The number of pyridine rings is 1. The Kier molecular flexibility index (Phi) is 20.9. The van der Waals surface area contributed by atoms with E-state index in [9.17, 15) is 86.2 Å². The molecule has 4 fully saturated rings. The number of nitrogens with zero attached hydrogens (tertiary/aromatic N) is 1. The summed E-state index contributed by atoms with van der Waals surface area (Å²) in [5, 5.41) is 168. The number of amides is 2. The first-order valence-corrected chi connectivity index (χ1v) is 21.6. The Balaban J connectivity index is 1.42. The van der Waals surface area contributed by atoms with E-state index in [0.717, 1.165) is 13.8 Å². The molecule has 0 radical (unpaired) electrons. The molecule has 18 N–H and O–H groups in total. The van der Waals surface area contributed by atoms with Crippen molar-refractivity contribution in [3.8, 4) is 0 Å². The molecule has 0 aliphatic carbocycles. The number of hydrogen-bond acceptors (Lipinski definition) is 27. The second-order valence-electron chi connectivity index (χ2n) is 16.6. The Labute approximate surface area is 387 Å². The fraction of sp³-hybridized carbons (Fsp3) is 0.821. The van der Waals surface area contributed by atoms with Gasteiger partial charge in [0.25, 0.3) is 0 Å². The minimum Gasteiger partial charge on any atom is -0.394 e. The molecule has 1 aromatic heterocycles. The van der Waals surface area contributed by atoms with Crippen molar-refractivity contribution >= 4 is 17.6 Å². The van der Waals surface area contributed by atoms with Gasteiger partial charge in [0.15, 0.2) is 25.2 Å². The first-order chi connectivity index (χ1) is 32.3. The summed E-state index contributed by atoms with van der Waals surface area (Å²) in [6.45, 7) is -2.70. The summed E-state index contributed by atoms with van der Waals surface area (Å²) in [4.78, 5) is 28.9. The zero-order valence-corrected chi connectivity index (χ0v) is 36.6. The fourth-order valence-electron chi connectivity index (χ4n) is 8.02. The van der Waals surface area contributed by atoms with E-state index in [1.165, 1.54) is 6.20 Å². The maximum absolute atomic E-state index is 12.6.